The molecule has 0 saturated carbocycles. The van der Waals surface area contributed by atoms with Gasteiger partial charge in [-0.1, -0.05) is 6.07 Å². The number of aryl methyl sites for hydroxylation is 1. The van der Waals surface area contributed by atoms with Crippen molar-refractivity contribution >= 4 is 32.8 Å². The molecule has 1 aliphatic heterocycles. The zero-order valence-corrected chi connectivity index (χ0v) is 16.9. The van der Waals surface area contributed by atoms with Crippen LogP contribution in [-0.2, 0) is 10.0 Å². The Hall–Kier alpha value is -3.11. The third-order valence-electron chi connectivity index (χ3n) is 5.12. The predicted octanol–water partition coefficient (Wildman–Crippen LogP) is 3.45. The summed E-state index contributed by atoms with van der Waals surface area (Å²) in [6, 6.07) is 10.1. The molecule has 10 heteroatoms. The number of carbonyl (C=O) groups is 1. The van der Waals surface area contributed by atoms with Gasteiger partial charge in [0.2, 0.25) is 10.0 Å². The molecule has 30 heavy (non-hydrogen) atoms. The fourth-order valence-corrected chi connectivity index (χ4v) is 5.10. The summed E-state index contributed by atoms with van der Waals surface area (Å²) < 4.78 is 50.3. The van der Waals surface area contributed by atoms with E-state index in [0.29, 0.717) is 18.7 Å². The number of sulfonamides is 1. The molecule has 8 nitrogen and oxygen atoms in total. The lowest BCUT2D eigenvalue weighted by Gasteiger charge is -2.36. The van der Waals surface area contributed by atoms with Gasteiger partial charge in [0, 0.05) is 43.3 Å². The Labute approximate surface area is 172 Å². The standard InChI is InChI=1S/C20H19FN2O6S/c1-13-16-12-19(29-20(24)25)28-18(16)6-5-17(13)22-7-9-23(10-8-22)30(26,27)15-4-2-3-14(21)11-15/h2-6,11-12H,7-10H2,1H3,(H,24,25). The van der Waals surface area contributed by atoms with Gasteiger partial charge in [0.1, 0.15) is 11.4 Å². The van der Waals surface area contributed by atoms with Crippen LogP contribution in [0.3, 0.4) is 0 Å². The number of furan rings is 1. The largest absolute Gasteiger partial charge is 0.513 e. The average Bonchev–Trinajstić information content (AvgIpc) is 3.11. The van der Waals surface area contributed by atoms with Gasteiger partial charge in [-0.3, -0.25) is 0 Å². The van der Waals surface area contributed by atoms with Crippen LogP contribution in [0, 0.1) is 12.7 Å². The number of ether oxygens (including phenoxy) is 1. The second kappa shape index (κ2) is 7.62. The second-order valence-electron chi connectivity index (χ2n) is 6.90. The first kappa shape index (κ1) is 20.2. The number of benzene rings is 2. The lowest BCUT2D eigenvalue weighted by molar-refractivity contribution is 0.134. The zero-order valence-electron chi connectivity index (χ0n) is 16.0. The van der Waals surface area contributed by atoms with Gasteiger partial charge in [-0.2, -0.15) is 4.31 Å². The quantitative estimate of drug-likeness (QED) is 0.628. The van der Waals surface area contributed by atoms with Crippen molar-refractivity contribution in [1.82, 2.24) is 4.31 Å². The van der Waals surface area contributed by atoms with Gasteiger partial charge in [0.15, 0.2) is 0 Å². The number of halogens is 1. The number of nitrogens with zero attached hydrogens (tertiary/aromatic N) is 2. The van der Waals surface area contributed by atoms with Crippen molar-refractivity contribution in [2.45, 2.75) is 11.8 Å². The summed E-state index contributed by atoms with van der Waals surface area (Å²) in [5, 5.41) is 9.46. The molecule has 2 heterocycles. The minimum Gasteiger partial charge on any atom is -0.449 e. The smallest absolute Gasteiger partial charge is 0.449 e. The van der Waals surface area contributed by atoms with Gasteiger partial charge < -0.3 is 19.2 Å². The summed E-state index contributed by atoms with van der Waals surface area (Å²) >= 11 is 0. The summed E-state index contributed by atoms with van der Waals surface area (Å²) in [7, 11) is -3.76. The minimum atomic E-state index is -3.76. The van der Waals surface area contributed by atoms with Crippen LogP contribution in [0.15, 0.2) is 51.8 Å². The summed E-state index contributed by atoms with van der Waals surface area (Å²) in [5.41, 5.74) is 2.27. The SMILES string of the molecule is Cc1c(N2CCN(S(=O)(=O)c3cccc(F)c3)CC2)ccc2oc(OC(=O)O)cc12. The van der Waals surface area contributed by atoms with Crippen LogP contribution < -0.4 is 9.64 Å². The normalized spacial score (nSPS) is 15.5. The van der Waals surface area contributed by atoms with Crippen LogP contribution in [0.25, 0.3) is 11.0 Å². The number of fused-ring (bicyclic) bond motifs is 1. The van der Waals surface area contributed by atoms with Crippen molar-refractivity contribution in [1.29, 1.82) is 0 Å². The maximum atomic E-state index is 13.5. The molecule has 0 bridgehead atoms. The van der Waals surface area contributed by atoms with Crippen molar-refractivity contribution < 1.29 is 31.9 Å². The Bertz CT molecular complexity index is 1220. The van der Waals surface area contributed by atoms with Gasteiger partial charge in [0.05, 0.1) is 4.90 Å². The predicted molar refractivity (Wildman–Crippen MR) is 107 cm³/mol. The Balaban J connectivity index is 1.53. The molecule has 158 valence electrons. The Kier molecular flexibility index (Phi) is 5.12. The van der Waals surface area contributed by atoms with Crippen molar-refractivity contribution in [3.05, 3.63) is 53.8 Å². The van der Waals surface area contributed by atoms with Gasteiger partial charge in [-0.25, -0.2) is 17.6 Å². The molecule has 1 saturated heterocycles. The van der Waals surface area contributed by atoms with Crippen LogP contribution in [-0.4, -0.2) is 50.2 Å². The van der Waals surface area contributed by atoms with E-state index in [2.05, 4.69) is 9.64 Å². The Morgan fingerprint density at radius 2 is 1.87 bits per heavy atom. The van der Waals surface area contributed by atoms with E-state index in [1.165, 1.54) is 28.6 Å². The molecule has 1 aliphatic rings. The number of rotatable bonds is 4. The van der Waals surface area contributed by atoms with E-state index in [4.69, 9.17) is 9.52 Å². The van der Waals surface area contributed by atoms with E-state index in [1.807, 2.05) is 13.0 Å². The summed E-state index contributed by atoms with van der Waals surface area (Å²) in [6.45, 7) is 3.31. The van der Waals surface area contributed by atoms with Crippen molar-refractivity contribution in [3.63, 3.8) is 0 Å². The fraction of sp³-hybridized carbons (Fsp3) is 0.250. The van der Waals surface area contributed by atoms with Crippen LogP contribution in [0.1, 0.15) is 5.56 Å². The first-order chi connectivity index (χ1) is 14.3. The summed E-state index contributed by atoms with van der Waals surface area (Å²) in [4.78, 5) is 12.7. The molecule has 0 radical (unpaired) electrons. The zero-order chi connectivity index (χ0) is 21.5. The van der Waals surface area contributed by atoms with Gasteiger partial charge in [-0.15, -0.1) is 0 Å². The molecule has 1 aromatic heterocycles. The van der Waals surface area contributed by atoms with E-state index in [9.17, 15) is 17.6 Å². The first-order valence-corrected chi connectivity index (χ1v) is 10.6. The van der Waals surface area contributed by atoms with E-state index in [1.54, 1.807) is 6.07 Å². The highest BCUT2D eigenvalue weighted by Gasteiger charge is 2.29. The number of hydrogen-bond donors (Lipinski definition) is 1. The van der Waals surface area contributed by atoms with Crippen LogP contribution >= 0.6 is 0 Å². The van der Waals surface area contributed by atoms with E-state index in [-0.39, 0.29) is 23.9 Å². The molecule has 0 aliphatic carbocycles. The average molecular weight is 434 g/mol. The fourth-order valence-electron chi connectivity index (χ4n) is 3.64. The molecule has 0 amide bonds. The van der Waals surface area contributed by atoms with Gasteiger partial charge >= 0.3 is 6.16 Å². The third kappa shape index (κ3) is 3.71. The molecule has 1 N–H and O–H groups in total. The lowest BCUT2D eigenvalue weighted by Crippen LogP contribution is -2.48. The second-order valence-corrected chi connectivity index (χ2v) is 8.84. The summed E-state index contributed by atoms with van der Waals surface area (Å²) in [6.07, 6.45) is -1.46. The first-order valence-electron chi connectivity index (χ1n) is 9.20. The highest BCUT2D eigenvalue weighted by atomic mass is 32.2. The van der Waals surface area contributed by atoms with E-state index in [0.717, 1.165) is 22.7 Å². The van der Waals surface area contributed by atoms with Crippen LogP contribution in [0.2, 0.25) is 0 Å². The summed E-state index contributed by atoms with van der Waals surface area (Å²) in [5.74, 6) is -0.700. The molecular formula is C20H19FN2O6S. The molecule has 0 spiro atoms. The van der Waals surface area contributed by atoms with Crippen molar-refractivity contribution in [2.24, 2.45) is 0 Å². The minimum absolute atomic E-state index is 0.0575. The molecule has 1 fully saturated rings. The third-order valence-corrected chi connectivity index (χ3v) is 7.01. The Morgan fingerprint density at radius 1 is 1.13 bits per heavy atom. The Morgan fingerprint density at radius 3 is 2.53 bits per heavy atom. The molecule has 2 aromatic carbocycles. The van der Waals surface area contributed by atoms with Gasteiger partial charge in [-0.05, 0) is 42.8 Å². The van der Waals surface area contributed by atoms with Crippen molar-refractivity contribution in [2.75, 3.05) is 31.1 Å². The molecule has 0 atom stereocenters. The number of anilines is 1. The van der Waals surface area contributed by atoms with E-state index < -0.39 is 22.0 Å². The molecule has 4 rings (SSSR count). The highest BCUT2D eigenvalue weighted by molar-refractivity contribution is 7.89. The molecule has 3 aromatic rings. The molecular weight excluding hydrogens is 415 g/mol. The van der Waals surface area contributed by atoms with E-state index >= 15 is 0 Å². The number of piperazine rings is 1. The molecule has 0 unspecified atom stereocenters. The van der Waals surface area contributed by atoms with Gasteiger partial charge in [0.25, 0.3) is 5.95 Å². The van der Waals surface area contributed by atoms with Crippen LogP contribution in [0.4, 0.5) is 14.9 Å². The maximum absolute atomic E-state index is 13.5. The van der Waals surface area contributed by atoms with Crippen LogP contribution in [0.5, 0.6) is 5.95 Å². The maximum Gasteiger partial charge on any atom is 0.513 e. The number of hydrogen-bond acceptors (Lipinski definition) is 6. The highest BCUT2D eigenvalue weighted by Crippen LogP contribution is 2.34. The monoisotopic (exact) mass is 434 g/mol. The lowest BCUT2D eigenvalue weighted by atomic mass is 10.1. The number of carboxylic acid groups (broad SMARTS) is 1. The van der Waals surface area contributed by atoms with Crippen molar-refractivity contribution in [3.8, 4) is 5.95 Å². The topological polar surface area (TPSA) is 100 Å².